The first kappa shape index (κ1) is 14.8. The number of thiophene rings is 1. The number of esters is 1. The highest BCUT2D eigenvalue weighted by Gasteiger charge is 2.20. The Bertz CT molecular complexity index is 917. The minimum atomic E-state index is -0.544. The molecule has 0 saturated heterocycles. The molecule has 3 rings (SSSR count). The lowest BCUT2D eigenvalue weighted by Crippen LogP contribution is -2.17. The predicted octanol–water partition coefficient (Wildman–Crippen LogP) is 0.510. The van der Waals surface area contributed by atoms with Crippen LogP contribution in [0.3, 0.4) is 0 Å². The lowest BCUT2D eigenvalue weighted by Gasteiger charge is -2.05. The van der Waals surface area contributed by atoms with Crippen LogP contribution in [0.15, 0.2) is 12.1 Å². The summed E-state index contributed by atoms with van der Waals surface area (Å²) in [7, 11) is 1.27. The van der Waals surface area contributed by atoms with E-state index >= 15 is 0 Å². The number of hydrogen-bond acceptors (Lipinski definition) is 9. The van der Waals surface area contributed by atoms with Crippen molar-refractivity contribution in [2.24, 2.45) is 0 Å². The average Bonchev–Trinajstić information content (AvgIpc) is 3.13. The first-order chi connectivity index (χ1) is 11.0. The number of hydrogen-bond donors (Lipinski definition) is 2. The van der Waals surface area contributed by atoms with Gasteiger partial charge in [0, 0.05) is 4.88 Å². The lowest BCUT2D eigenvalue weighted by atomic mass is 10.3. The van der Waals surface area contributed by atoms with Crippen molar-refractivity contribution in [2.75, 3.05) is 18.2 Å². The number of carbonyl (C=O) groups is 2. The van der Waals surface area contributed by atoms with Gasteiger partial charge in [-0.25, -0.2) is 4.79 Å². The largest absolute Gasteiger partial charge is 0.465 e. The quantitative estimate of drug-likeness (QED) is 0.661. The molecule has 0 fully saturated rings. The fourth-order valence-corrected chi connectivity index (χ4v) is 2.80. The summed E-state index contributed by atoms with van der Waals surface area (Å²) in [6.45, 7) is 1.82. The molecule has 11 heteroatoms. The number of ether oxygens (including phenoxy) is 1. The zero-order chi connectivity index (χ0) is 16.6. The van der Waals surface area contributed by atoms with Gasteiger partial charge in [-0.15, -0.1) is 26.2 Å². The van der Waals surface area contributed by atoms with E-state index in [1.54, 1.807) is 6.07 Å². The molecule has 0 radical (unpaired) electrons. The topological polar surface area (TPSA) is 137 Å². The molecule has 0 aromatic carbocycles. The molecule has 3 N–H and O–H groups in total. The molecular formula is C12H11N7O3S. The van der Waals surface area contributed by atoms with Gasteiger partial charge >= 0.3 is 5.97 Å². The Hall–Kier alpha value is -3.08. The molecular weight excluding hydrogens is 322 g/mol. The van der Waals surface area contributed by atoms with E-state index < -0.39 is 11.9 Å². The summed E-state index contributed by atoms with van der Waals surface area (Å²) in [5.41, 5.74) is 6.61. The van der Waals surface area contributed by atoms with Crippen LogP contribution in [0.5, 0.6) is 0 Å². The van der Waals surface area contributed by atoms with Gasteiger partial charge in [0.2, 0.25) is 5.65 Å². The van der Waals surface area contributed by atoms with Crippen LogP contribution < -0.4 is 11.1 Å². The van der Waals surface area contributed by atoms with E-state index in [4.69, 9.17) is 10.5 Å². The van der Waals surface area contributed by atoms with Crippen molar-refractivity contribution in [3.8, 4) is 0 Å². The van der Waals surface area contributed by atoms with E-state index in [1.807, 2.05) is 6.92 Å². The lowest BCUT2D eigenvalue weighted by molar-refractivity contribution is 0.0607. The van der Waals surface area contributed by atoms with E-state index in [2.05, 4.69) is 25.9 Å². The number of nitrogen functional groups attached to an aromatic ring is 1. The third-order valence-electron chi connectivity index (χ3n) is 2.91. The van der Waals surface area contributed by atoms with E-state index in [0.717, 1.165) is 9.51 Å². The van der Waals surface area contributed by atoms with Gasteiger partial charge in [0.1, 0.15) is 4.88 Å². The Balaban J connectivity index is 1.93. The molecule has 1 amide bonds. The van der Waals surface area contributed by atoms with Gasteiger partial charge in [-0.05, 0) is 29.5 Å². The molecule has 3 aromatic rings. The molecule has 0 aliphatic rings. The number of amides is 1. The molecule has 0 aliphatic heterocycles. The Morgan fingerprint density at radius 2 is 2.17 bits per heavy atom. The molecule has 3 aromatic heterocycles. The van der Waals surface area contributed by atoms with Crippen LogP contribution in [-0.2, 0) is 4.74 Å². The smallest absolute Gasteiger partial charge is 0.350 e. The molecule has 10 nitrogen and oxygen atoms in total. The molecule has 0 aliphatic carbocycles. The van der Waals surface area contributed by atoms with Crippen LogP contribution in [0.1, 0.15) is 25.0 Å². The first-order valence-corrected chi connectivity index (χ1v) is 7.16. The highest BCUT2D eigenvalue weighted by atomic mass is 32.1. The van der Waals surface area contributed by atoms with Gasteiger partial charge in [0.15, 0.2) is 5.69 Å². The number of anilines is 2. The summed E-state index contributed by atoms with van der Waals surface area (Å²) >= 11 is 1.22. The van der Waals surface area contributed by atoms with Crippen LogP contribution in [0.4, 0.5) is 11.4 Å². The van der Waals surface area contributed by atoms with E-state index in [0.29, 0.717) is 10.6 Å². The maximum Gasteiger partial charge on any atom is 0.350 e. The van der Waals surface area contributed by atoms with Crippen molar-refractivity contribution in [3.63, 3.8) is 0 Å². The summed E-state index contributed by atoms with van der Waals surface area (Å²) in [6, 6.07) is 3.03. The van der Waals surface area contributed by atoms with Crippen molar-refractivity contribution in [2.45, 2.75) is 6.92 Å². The normalized spacial score (nSPS) is 10.7. The van der Waals surface area contributed by atoms with Gasteiger partial charge in [-0.1, -0.05) is 0 Å². The molecule has 0 saturated carbocycles. The number of aromatic nitrogens is 5. The number of nitrogens with zero attached hydrogens (tertiary/aromatic N) is 5. The number of nitrogens with one attached hydrogen (secondary N) is 1. The first-order valence-electron chi connectivity index (χ1n) is 6.34. The van der Waals surface area contributed by atoms with Crippen molar-refractivity contribution in [3.05, 3.63) is 27.6 Å². The number of tetrazole rings is 1. The fraction of sp³-hybridized carbons (Fsp3) is 0.167. The van der Waals surface area contributed by atoms with Crippen molar-refractivity contribution in [1.82, 2.24) is 25.3 Å². The van der Waals surface area contributed by atoms with Gasteiger partial charge in [0.25, 0.3) is 5.91 Å². The highest BCUT2D eigenvalue weighted by Crippen LogP contribution is 2.27. The summed E-state index contributed by atoms with van der Waals surface area (Å²) in [6.07, 6.45) is 0. The second kappa shape index (κ2) is 5.61. The standard InChI is InChI=1S/C12H11N7O3S/c1-5-3-7(9(23-5)12(21)22-2)14-11(20)8-4-6(13)10-15-17-18-19(10)16-8/h3-4H,13H2,1-2H3,(H,14,20). The van der Waals surface area contributed by atoms with E-state index in [-0.39, 0.29) is 17.0 Å². The summed E-state index contributed by atoms with van der Waals surface area (Å²) in [5.74, 6) is -1.07. The number of methoxy groups -OCH3 is 1. The predicted molar refractivity (Wildman–Crippen MR) is 81.3 cm³/mol. The molecule has 0 unspecified atom stereocenters. The number of fused-ring (bicyclic) bond motifs is 1. The monoisotopic (exact) mass is 333 g/mol. The Labute approximate surface area is 133 Å². The SMILES string of the molecule is COC(=O)c1sc(C)cc1NC(=O)c1cc(N)c2nnnn2n1. The Morgan fingerprint density at radius 3 is 2.91 bits per heavy atom. The minimum Gasteiger partial charge on any atom is -0.465 e. The fourth-order valence-electron chi connectivity index (χ4n) is 1.91. The minimum absolute atomic E-state index is 0.0157. The Kier molecular flexibility index (Phi) is 3.62. The van der Waals surface area contributed by atoms with Gasteiger partial charge in [-0.3, -0.25) is 4.79 Å². The summed E-state index contributed by atoms with van der Waals surface area (Å²) in [4.78, 5) is 25.2. The molecule has 0 bridgehead atoms. The number of carbonyl (C=O) groups excluding carboxylic acids is 2. The molecule has 0 atom stereocenters. The van der Waals surface area contributed by atoms with Crippen molar-refractivity contribution in [1.29, 1.82) is 0 Å². The molecule has 0 spiro atoms. The van der Waals surface area contributed by atoms with Crippen LogP contribution in [0, 0.1) is 6.92 Å². The van der Waals surface area contributed by atoms with E-state index in [9.17, 15) is 9.59 Å². The van der Waals surface area contributed by atoms with Gasteiger partial charge in [-0.2, -0.15) is 0 Å². The number of rotatable bonds is 3. The third kappa shape index (κ3) is 2.68. The van der Waals surface area contributed by atoms with Gasteiger partial charge < -0.3 is 15.8 Å². The second-order valence-electron chi connectivity index (χ2n) is 4.52. The van der Waals surface area contributed by atoms with Crippen LogP contribution in [0.2, 0.25) is 0 Å². The summed E-state index contributed by atoms with van der Waals surface area (Å²) in [5, 5.41) is 17.3. The number of aryl methyl sites for hydroxylation is 1. The van der Waals surface area contributed by atoms with Gasteiger partial charge in [0.05, 0.1) is 18.5 Å². The summed E-state index contributed by atoms with van der Waals surface area (Å²) < 4.78 is 5.76. The van der Waals surface area contributed by atoms with Crippen molar-refractivity contribution < 1.29 is 14.3 Å². The average molecular weight is 333 g/mol. The van der Waals surface area contributed by atoms with Crippen molar-refractivity contribution >= 4 is 40.2 Å². The van der Waals surface area contributed by atoms with Crippen LogP contribution in [-0.4, -0.2) is 44.2 Å². The highest BCUT2D eigenvalue weighted by molar-refractivity contribution is 7.14. The zero-order valence-corrected chi connectivity index (χ0v) is 12.9. The maximum atomic E-state index is 12.3. The molecule has 23 heavy (non-hydrogen) atoms. The molecule has 3 heterocycles. The van der Waals surface area contributed by atoms with Crippen LogP contribution >= 0.6 is 11.3 Å². The third-order valence-corrected chi connectivity index (χ3v) is 3.94. The Morgan fingerprint density at radius 1 is 1.39 bits per heavy atom. The van der Waals surface area contributed by atoms with E-state index in [1.165, 1.54) is 24.5 Å². The zero-order valence-electron chi connectivity index (χ0n) is 12.1. The van der Waals surface area contributed by atoms with Crippen LogP contribution in [0.25, 0.3) is 5.65 Å². The maximum absolute atomic E-state index is 12.3. The second-order valence-corrected chi connectivity index (χ2v) is 5.78. The molecule has 118 valence electrons. The number of nitrogens with two attached hydrogens (primary N) is 1.